The van der Waals surface area contributed by atoms with Crippen LogP contribution in [0.3, 0.4) is 0 Å². The topological polar surface area (TPSA) is 134 Å². The van der Waals surface area contributed by atoms with E-state index < -0.39 is 17.5 Å². The highest BCUT2D eigenvalue weighted by atomic mass is 16.5. The highest BCUT2D eigenvalue weighted by Crippen LogP contribution is 2.31. The van der Waals surface area contributed by atoms with Gasteiger partial charge in [-0.15, -0.1) is 10.2 Å². The molecular formula is C30H36N6O6. The summed E-state index contributed by atoms with van der Waals surface area (Å²) in [6.07, 6.45) is 0. The van der Waals surface area contributed by atoms with Gasteiger partial charge < -0.3 is 28.8 Å². The third-order valence-corrected chi connectivity index (χ3v) is 6.29. The number of ether oxygens (including phenoxy) is 3. The molecule has 12 nitrogen and oxygen atoms in total. The predicted octanol–water partition coefficient (Wildman–Crippen LogP) is 3.95. The summed E-state index contributed by atoms with van der Waals surface area (Å²) >= 11 is 0. The second-order valence-corrected chi connectivity index (χ2v) is 10.7. The van der Waals surface area contributed by atoms with E-state index in [9.17, 15) is 9.59 Å². The molecule has 0 unspecified atom stereocenters. The fourth-order valence-electron chi connectivity index (χ4n) is 4.33. The van der Waals surface area contributed by atoms with Crippen molar-refractivity contribution in [3.63, 3.8) is 0 Å². The summed E-state index contributed by atoms with van der Waals surface area (Å²) in [6.45, 7) is 7.25. The zero-order chi connectivity index (χ0) is 30.4. The predicted molar refractivity (Wildman–Crippen MR) is 154 cm³/mol. The lowest BCUT2D eigenvalue weighted by molar-refractivity contribution is -0.143. The Morgan fingerprint density at radius 2 is 1.69 bits per heavy atom. The number of carbonyl (C=O) groups is 2. The summed E-state index contributed by atoms with van der Waals surface area (Å²) in [5.41, 5.74) is 0.876. The van der Waals surface area contributed by atoms with E-state index in [4.69, 9.17) is 18.6 Å². The SMILES string of the molecule is COc1ccc(CN(C(=O)Cn2nnc(-c3ccc(OC)c(OC)c3)n2)[C@H](C(=O)NC(C)(C)C)c2ccc(C)o2)cc1. The van der Waals surface area contributed by atoms with Crippen LogP contribution in [0.1, 0.15) is 43.9 Å². The van der Waals surface area contributed by atoms with Crippen molar-refractivity contribution >= 4 is 11.8 Å². The molecule has 12 heteroatoms. The van der Waals surface area contributed by atoms with E-state index in [1.54, 1.807) is 63.6 Å². The molecule has 0 radical (unpaired) electrons. The van der Waals surface area contributed by atoms with E-state index in [-0.39, 0.29) is 19.0 Å². The van der Waals surface area contributed by atoms with Gasteiger partial charge in [0.15, 0.2) is 17.5 Å². The van der Waals surface area contributed by atoms with Gasteiger partial charge in [-0.05, 0) is 80.9 Å². The van der Waals surface area contributed by atoms with Crippen LogP contribution in [0.15, 0.2) is 59.0 Å². The second kappa shape index (κ2) is 12.8. The monoisotopic (exact) mass is 576 g/mol. The number of hydrogen-bond donors (Lipinski definition) is 1. The average molecular weight is 577 g/mol. The minimum Gasteiger partial charge on any atom is -0.497 e. The third kappa shape index (κ3) is 7.25. The molecule has 2 amide bonds. The van der Waals surface area contributed by atoms with Crippen LogP contribution in [0.4, 0.5) is 0 Å². The van der Waals surface area contributed by atoms with Crippen molar-refractivity contribution in [2.45, 2.75) is 52.4 Å². The zero-order valence-corrected chi connectivity index (χ0v) is 24.9. The molecule has 0 bridgehead atoms. The van der Waals surface area contributed by atoms with Crippen LogP contribution in [0, 0.1) is 6.92 Å². The van der Waals surface area contributed by atoms with Crippen LogP contribution < -0.4 is 19.5 Å². The largest absolute Gasteiger partial charge is 0.497 e. The lowest BCUT2D eigenvalue weighted by Crippen LogP contribution is -2.49. The van der Waals surface area contributed by atoms with Crippen LogP contribution in [-0.4, -0.2) is 63.8 Å². The van der Waals surface area contributed by atoms with Gasteiger partial charge in [0.05, 0.1) is 21.3 Å². The number of carbonyl (C=O) groups excluding carboxylic acids is 2. The molecule has 4 rings (SSSR count). The zero-order valence-electron chi connectivity index (χ0n) is 24.9. The van der Waals surface area contributed by atoms with E-state index in [1.807, 2.05) is 32.9 Å². The van der Waals surface area contributed by atoms with Crippen molar-refractivity contribution < 1.29 is 28.2 Å². The third-order valence-electron chi connectivity index (χ3n) is 6.29. The highest BCUT2D eigenvalue weighted by molar-refractivity contribution is 5.88. The van der Waals surface area contributed by atoms with Crippen molar-refractivity contribution in [2.75, 3.05) is 21.3 Å². The Labute approximate surface area is 244 Å². The van der Waals surface area contributed by atoms with E-state index >= 15 is 0 Å². The molecule has 4 aromatic rings. The Bertz CT molecular complexity index is 1520. The molecule has 0 fully saturated rings. The van der Waals surface area contributed by atoms with E-state index in [0.717, 1.165) is 5.56 Å². The van der Waals surface area contributed by atoms with Crippen LogP contribution in [0.25, 0.3) is 11.4 Å². The first-order valence-corrected chi connectivity index (χ1v) is 13.3. The standard InChI is InChI=1S/C30H36N6O6/c1-19-8-14-24(42-19)27(29(38)31-30(2,3)4)35(17-20-9-12-22(39-5)13-10-20)26(37)18-36-33-28(32-34-36)21-11-15-23(40-6)25(16-21)41-7/h8-16,27H,17-18H2,1-7H3,(H,31,38)/t27-/m0/s1. The number of tetrazole rings is 1. The van der Waals surface area contributed by atoms with Crippen LogP contribution in [0.5, 0.6) is 17.2 Å². The van der Waals surface area contributed by atoms with Gasteiger partial charge in [-0.25, -0.2) is 0 Å². The maximum atomic E-state index is 14.0. The van der Waals surface area contributed by atoms with Crippen molar-refractivity contribution in [3.8, 4) is 28.6 Å². The molecule has 1 atom stereocenters. The molecule has 42 heavy (non-hydrogen) atoms. The summed E-state index contributed by atoms with van der Waals surface area (Å²) in [5.74, 6) is 2.22. The number of aryl methyl sites for hydroxylation is 1. The number of methoxy groups -OCH3 is 3. The molecule has 2 aromatic heterocycles. The Morgan fingerprint density at radius 3 is 2.29 bits per heavy atom. The molecule has 222 valence electrons. The maximum Gasteiger partial charge on any atom is 0.251 e. The Morgan fingerprint density at radius 1 is 0.976 bits per heavy atom. The van der Waals surface area contributed by atoms with E-state index in [0.29, 0.717) is 40.2 Å². The minimum atomic E-state index is -1.05. The summed E-state index contributed by atoms with van der Waals surface area (Å²) in [5, 5.41) is 15.6. The summed E-state index contributed by atoms with van der Waals surface area (Å²) in [7, 11) is 4.67. The molecular weight excluding hydrogens is 540 g/mol. The van der Waals surface area contributed by atoms with Crippen molar-refractivity contribution in [1.29, 1.82) is 0 Å². The fraction of sp³-hybridized carbons (Fsp3) is 0.367. The molecule has 0 aliphatic heterocycles. The van der Waals surface area contributed by atoms with Gasteiger partial charge in [0, 0.05) is 17.6 Å². The Hall–Kier alpha value is -4.87. The van der Waals surface area contributed by atoms with Gasteiger partial charge in [0.2, 0.25) is 11.7 Å². The molecule has 2 aromatic carbocycles. The van der Waals surface area contributed by atoms with Crippen molar-refractivity contribution in [3.05, 3.63) is 71.7 Å². The number of nitrogens with zero attached hydrogens (tertiary/aromatic N) is 5. The number of rotatable bonds is 11. The second-order valence-electron chi connectivity index (χ2n) is 10.7. The number of amides is 2. The van der Waals surface area contributed by atoms with Crippen LogP contribution in [0.2, 0.25) is 0 Å². The van der Waals surface area contributed by atoms with Crippen molar-refractivity contribution in [1.82, 2.24) is 30.4 Å². The maximum absolute atomic E-state index is 14.0. The van der Waals surface area contributed by atoms with Gasteiger partial charge in [-0.3, -0.25) is 9.59 Å². The van der Waals surface area contributed by atoms with E-state index in [1.165, 1.54) is 16.8 Å². The average Bonchev–Trinajstić information content (AvgIpc) is 3.60. The first kappa shape index (κ1) is 30.1. The Kier molecular flexibility index (Phi) is 9.14. The molecule has 0 aliphatic rings. The van der Waals surface area contributed by atoms with E-state index in [2.05, 4.69) is 20.7 Å². The summed E-state index contributed by atoms with van der Waals surface area (Å²) in [4.78, 5) is 30.3. The number of nitrogens with one attached hydrogen (secondary N) is 1. The number of aromatic nitrogens is 4. The highest BCUT2D eigenvalue weighted by Gasteiger charge is 2.36. The smallest absolute Gasteiger partial charge is 0.251 e. The van der Waals surface area contributed by atoms with Gasteiger partial charge in [-0.1, -0.05) is 12.1 Å². The van der Waals surface area contributed by atoms with Gasteiger partial charge in [0.1, 0.15) is 23.8 Å². The number of benzene rings is 2. The Balaban J connectivity index is 1.68. The first-order valence-electron chi connectivity index (χ1n) is 13.3. The molecule has 0 spiro atoms. The lowest BCUT2D eigenvalue weighted by atomic mass is 10.1. The minimum absolute atomic E-state index is 0.113. The molecule has 1 N–H and O–H groups in total. The normalized spacial score (nSPS) is 12.0. The van der Waals surface area contributed by atoms with Gasteiger partial charge in [-0.2, -0.15) is 4.80 Å². The number of furan rings is 1. The molecule has 0 saturated heterocycles. The van der Waals surface area contributed by atoms with Gasteiger partial charge >= 0.3 is 0 Å². The van der Waals surface area contributed by atoms with Crippen LogP contribution >= 0.6 is 0 Å². The summed E-state index contributed by atoms with van der Waals surface area (Å²) < 4.78 is 21.8. The molecule has 0 saturated carbocycles. The molecule has 2 heterocycles. The van der Waals surface area contributed by atoms with Crippen LogP contribution in [-0.2, 0) is 22.7 Å². The molecule has 0 aliphatic carbocycles. The lowest BCUT2D eigenvalue weighted by Gasteiger charge is -2.32. The quantitative estimate of drug-likeness (QED) is 0.282. The first-order chi connectivity index (χ1) is 20.0. The van der Waals surface area contributed by atoms with Gasteiger partial charge in [0.25, 0.3) is 5.91 Å². The van der Waals surface area contributed by atoms with Crippen molar-refractivity contribution in [2.24, 2.45) is 0 Å². The summed E-state index contributed by atoms with van der Waals surface area (Å²) in [6, 6.07) is 14.9. The fourth-order valence-corrected chi connectivity index (χ4v) is 4.33. The number of hydrogen-bond acceptors (Lipinski definition) is 9.